The number of aromatic carboxylic acids is 1. The molecule has 2 N–H and O–H groups in total. The van der Waals surface area contributed by atoms with Gasteiger partial charge in [-0.25, -0.2) is 23.2 Å². The van der Waals surface area contributed by atoms with Crippen LogP contribution in [0.4, 0.5) is 18.9 Å². The molecule has 15 heteroatoms. The summed E-state index contributed by atoms with van der Waals surface area (Å²) < 4.78 is 67.6. The van der Waals surface area contributed by atoms with E-state index in [4.69, 9.17) is 0 Å². The zero-order chi connectivity index (χ0) is 24.8. The minimum Gasteiger partial charge on any atom is -0.477 e. The third kappa shape index (κ3) is 5.47. The molecular formula is C19H18F3N5O5S2. The maximum Gasteiger partial charge on any atom is 0.573 e. The largest absolute Gasteiger partial charge is 0.573 e. The molecule has 2 aromatic heterocycles. The van der Waals surface area contributed by atoms with Crippen molar-refractivity contribution in [2.75, 3.05) is 11.6 Å². The molecule has 2 heterocycles. The number of alkyl halides is 3. The van der Waals surface area contributed by atoms with Crippen molar-refractivity contribution >= 4 is 32.8 Å². The van der Waals surface area contributed by atoms with E-state index >= 15 is 0 Å². The second kappa shape index (κ2) is 8.54. The van der Waals surface area contributed by atoms with Crippen LogP contribution in [0.2, 0.25) is 0 Å². The van der Waals surface area contributed by atoms with E-state index in [-0.39, 0.29) is 26.5 Å². The van der Waals surface area contributed by atoms with Crippen LogP contribution >= 0.6 is 11.3 Å². The van der Waals surface area contributed by atoms with Crippen molar-refractivity contribution in [1.82, 2.24) is 19.7 Å². The van der Waals surface area contributed by atoms with E-state index in [1.807, 2.05) is 0 Å². The Kier molecular flexibility index (Phi) is 6.01. The van der Waals surface area contributed by atoms with Crippen LogP contribution in [0.5, 0.6) is 5.75 Å². The van der Waals surface area contributed by atoms with E-state index in [2.05, 4.69) is 25.1 Å². The Morgan fingerprint density at radius 3 is 2.59 bits per heavy atom. The first-order valence-electron chi connectivity index (χ1n) is 9.84. The molecule has 1 saturated carbocycles. The predicted molar refractivity (Wildman–Crippen MR) is 114 cm³/mol. The van der Waals surface area contributed by atoms with Crippen LogP contribution in [0.1, 0.15) is 53.0 Å². The fourth-order valence-electron chi connectivity index (χ4n) is 3.11. The maximum atomic E-state index is 12.8. The van der Waals surface area contributed by atoms with Crippen molar-refractivity contribution in [2.24, 2.45) is 0 Å². The Hall–Kier alpha value is -3.20. The molecule has 1 fully saturated rings. The Balaban J connectivity index is 1.70. The minimum absolute atomic E-state index is 0.000158. The molecule has 1 atom stereocenters. The predicted octanol–water partition coefficient (Wildman–Crippen LogP) is 3.77. The molecular weight excluding hydrogens is 499 g/mol. The summed E-state index contributed by atoms with van der Waals surface area (Å²) in [4.78, 5) is 19.5. The number of hydrogen-bond acceptors (Lipinski definition) is 9. The maximum absolute atomic E-state index is 12.8. The topological polar surface area (TPSA) is 136 Å². The highest BCUT2D eigenvalue weighted by molar-refractivity contribution is 7.90. The Labute approximate surface area is 195 Å². The van der Waals surface area contributed by atoms with Crippen LogP contribution in [0.15, 0.2) is 29.3 Å². The van der Waals surface area contributed by atoms with E-state index < -0.39 is 34.0 Å². The van der Waals surface area contributed by atoms with Gasteiger partial charge in [-0.05, 0) is 31.9 Å². The molecule has 0 saturated heterocycles. The number of thiazole rings is 1. The van der Waals surface area contributed by atoms with Crippen LogP contribution < -0.4 is 10.1 Å². The Morgan fingerprint density at radius 2 is 2.03 bits per heavy atom. The molecule has 1 aliphatic rings. The standard InChI is InChI=1S/C19H18F3N5O5S2/c1-9(24-11-5-12(32-19(20,21)22)7-13(6-11)34(2,30)31)16-25-15(10-3-4-10)26-27(16)18-23-8-14(33-18)17(28)29/h5-10,24H,3-4H2,1-2H3,(H,28,29)/t9-/m0/s1. The summed E-state index contributed by atoms with van der Waals surface area (Å²) in [6.45, 7) is 1.65. The number of nitrogens with one attached hydrogen (secondary N) is 1. The van der Waals surface area contributed by atoms with Gasteiger partial charge in [-0.15, -0.1) is 18.3 Å². The number of ether oxygens (including phenoxy) is 1. The zero-order valence-corrected chi connectivity index (χ0v) is 19.3. The highest BCUT2D eigenvalue weighted by Gasteiger charge is 2.33. The van der Waals surface area contributed by atoms with E-state index in [1.165, 1.54) is 16.9 Å². The van der Waals surface area contributed by atoms with Crippen LogP contribution in [-0.4, -0.2) is 51.9 Å². The van der Waals surface area contributed by atoms with Crippen LogP contribution in [-0.2, 0) is 9.84 Å². The lowest BCUT2D eigenvalue weighted by molar-refractivity contribution is -0.274. The molecule has 0 amide bonds. The molecule has 1 aromatic carbocycles. The first-order valence-corrected chi connectivity index (χ1v) is 12.5. The highest BCUT2D eigenvalue weighted by atomic mass is 32.2. The average molecular weight is 518 g/mol. The summed E-state index contributed by atoms with van der Waals surface area (Å²) in [5, 5.41) is 16.8. The van der Waals surface area contributed by atoms with Gasteiger partial charge in [0.05, 0.1) is 17.1 Å². The summed E-state index contributed by atoms with van der Waals surface area (Å²) in [6.07, 6.45) is -1.14. The molecule has 0 bridgehead atoms. The second-order valence-corrected chi connectivity index (χ2v) is 10.7. The number of halogens is 3. The molecule has 182 valence electrons. The van der Waals surface area contributed by atoms with Crippen molar-refractivity contribution in [2.45, 2.75) is 43.0 Å². The Morgan fingerprint density at radius 1 is 1.32 bits per heavy atom. The van der Waals surface area contributed by atoms with Gasteiger partial charge in [0, 0.05) is 23.9 Å². The van der Waals surface area contributed by atoms with Gasteiger partial charge in [-0.2, -0.15) is 4.68 Å². The van der Waals surface area contributed by atoms with Gasteiger partial charge in [0.15, 0.2) is 21.5 Å². The number of carbonyl (C=O) groups is 1. The lowest BCUT2D eigenvalue weighted by atomic mass is 10.2. The number of carboxylic acids is 1. The van der Waals surface area contributed by atoms with Crippen molar-refractivity contribution in [1.29, 1.82) is 0 Å². The van der Waals surface area contributed by atoms with Gasteiger partial charge in [0.25, 0.3) is 0 Å². The quantitative estimate of drug-likeness (QED) is 0.457. The molecule has 0 unspecified atom stereocenters. The molecule has 4 rings (SSSR count). The zero-order valence-electron chi connectivity index (χ0n) is 17.7. The lowest BCUT2D eigenvalue weighted by Crippen LogP contribution is -2.18. The van der Waals surface area contributed by atoms with Crippen molar-refractivity contribution in [3.05, 3.63) is 40.9 Å². The fourth-order valence-corrected chi connectivity index (χ4v) is 4.50. The minimum atomic E-state index is -5.01. The van der Waals surface area contributed by atoms with Crippen molar-refractivity contribution in [3.8, 4) is 10.9 Å². The summed E-state index contributed by atoms with van der Waals surface area (Å²) in [5.74, 6) is -0.811. The van der Waals surface area contributed by atoms with E-state index in [9.17, 15) is 31.5 Å². The number of rotatable bonds is 8. The number of aromatic nitrogens is 4. The van der Waals surface area contributed by atoms with Gasteiger partial charge >= 0.3 is 12.3 Å². The average Bonchev–Trinajstić information content (AvgIpc) is 3.26. The lowest BCUT2D eigenvalue weighted by Gasteiger charge is -2.17. The number of hydrogen-bond donors (Lipinski definition) is 2. The fraction of sp³-hybridized carbons (Fsp3) is 0.368. The van der Waals surface area contributed by atoms with Gasteiger partial charge in [0.2, 0.25) is 5.13 Å². The first-order chi connectivity index (χ1) is 15.8. The van der Waals surface area contributed by atoms with Crippen LogP contribution in [0.25, 0.3) is 5.13 Å². The second-order valence-electron chi connectivity index (χ2n) is 7.71. The van der Waals surface area contributed by atoms with Gasteiger partial charge < -0.3 is 15.2 Å². The number of sulfone groups is 1. The van der Waals surface area contributed by atoms with Crippen molar-refractivity contribution in [3.63, 3.8) is 0 Å². The summed E-state index contributed by atoms with van der Waals surface area (Å²) in [5.41, 5.74) is 0.0440. The van der Waals surface area contributed by atoms with Crippen LogP contribution in [0, 0.1) is 0 Å². The normalized spacial score (nSPS) is 15.2. The number of nitrogens with zero attached hydrogens (tertiary/aromatic N) is 4. The highest BCUT2D eigenvalue weighted by Crippen LogP contribution is 2.39. The van der Waals surface area contributed by atoms with E-state index in [1.54, 1.807) is 6.92 Å². The molecule has 34 heavy (non-hydrogen) atoms. The molecule has 10 nitrogen and oxygen atoms in total. The van der Waals surface area contributed by atoms with Gasteiger partial charge in [0.1, 0.15) is 10.6 Å². The van der Waals surface area contributed by atoms with E-state index in [0.29, 0.717) is 11.6 Å². The monoisotopic (exact) mass is 517 g/mol. The van der Waals surface area contributed by atoms with Crippen molar-refractivity contribution < 1.29 is 36.2 Å². The molecule has 1 aliphatic carbocycles. The summed E-state index contributed by atoms with van der Waals surface area (Å²) in [6, 6.07) is 2.32. The SMILES string of the molecule is C[C@H](Nc1cc(OC(F)(F)F)cc(S(C)(=O)=O)c1)c1nc(C2CC2)nn1-c1ncc(C(=O)O)s1. The molecule has 0 aliphatic heterocycles. The van der Waals surface area contributed by atoms with Gasteiger partial charge in [-0.1, -0.05) is 11.3 Å². The molecule has 3 aromatic rings. The third-order valence-electron chi connectivity index (χ3n) is 4.79. The summed E-state index contributed by atoms with van der Waals surface area (Å²) >= 11 is 0.890. The van der Waals surface area contributed by atoms with Gasteiger partial charge in [-0.3, -0.25) is 0 Å². The van der Waals surface area contributed by atoms with E-state index in [0.717, 1.165) is 42.6 Å². The number of anilines is 1. The summed E-state index contributed by atoms with van der Waals surface area (Å²) in [7, 11) is -3.84. The number of benzene rings is 1. The molecule has 0 spiro atoms. The third-order valence-corrected chi connectivity index (χ3v) is 6.84. The number of carboxylic acid groups (broad SMARTS) is 1. The first kappa shape index (κ1) is 23.9. The molecule has 0 radical (unpaired) electrons. The smallest absolute Gasteiger partial charge is 0.477 e. The Bertz CT molecular complexity index is 1350. The van der Waals surface area contributed by atoms with Crippen LogP contribution in [0.3, 0.4) is 0 Å².